The fourth-order valence-corrected chi connectivity index (χ4v) is 2.18. The fraction of sp³-hybridized carbons (Fsp3) is 0.462. The number of nitrogens with one attached hydrogen (secondary N) is 1. The van der Waals surface area contributed by atoms with Crippen molar-refractivity contribution in [3.8, 4) is 0 Å². The van der Waals surface area contributed by atoms with E-state index in [0.29, 0.717) is 13.1 Å². The third-order valence-electron chi connectivity index (χ3n) is 2.91. The summed E-state index contributed by atoms with van der Waals surface area (Å²) in [5.74, 6) is 0.0897. The zero-order valence-corrected chi connectivity index (χ0v) is 10.1. The van der Waals surface area contributed by atoms with E-state index in [1.807, 2.05) is 19.1 Å². The lowest BCUT2D eigenvalue weighted by Crippen LogP contribution is -2.48. The molecular weight excluding hydrogens is 214 g/mol. The number of benzene rings is 1. The van der Waals surface area contributed by atoms with Crippen LogP contribution in [0.1, 0.15) is 12.5 Å². The van der Waals surface area contributed by atoms with Crippen LogP contribution in [0.5, 0.6) is 0 Å². The quantitative estimate of drug-likeness (QED) is 0.800. The van der Waals surface area contributed by atoms with Crippen molar-refractivity contribution in [2.75, 3.05) is 24.5 Å². The van der Waals surface area contributed by atoms with Crippen LogP contribution < -0.4 is 16.0 Å². The summed E-state index contributed by atoms with van der Waals surface area (Å²) in [6, 6.07) is 8.31. The molecule has 3 N–H and O–H groups in total. The molecule has 1 saturated heterocycles. The maximum atomic E-state index is 11.4. The summed E-state index contributed by atoms with van der Waals surface area (Å²) in [7, 11) is 0. The molecule has 2 rings (SSSR count). The van der Waals surface area contributed by atoms with Crippen LogP contribution in [0.4, 0.5) is 5.69 Å². The molecule has 0 aliphatic carbocycles. The first-order valence-corrected chi connectivity index (χ1v) is 6.02. The van der Waals surface area contributed by atoms with Crippen LogP contribution in [-0.2, 0) is 11.2 Å². The summed E-state index contributed by atoms with van der Waals surface area (Å²) < 4.78 is 0. The van der Waals surface area contributed by atoms with Crippen LogP contribution in [0.25, 0.3) is 0 Å². The summed E-state index contributed by atoms with van der Waals surface area (Å²) in [5.41, 5.74) is 8.21. The van der Waals surface area contributed by atoms with E-state index in [-0.39, 0.29) is 11.9 Å². The SMILES string of the molecule is CC(N)Cc1ccccc1N1CCNC(=O)C1. The Labute approximate surface area is 102 Å². The molecule has 1 fully saturated rings. The Bertz CT molecular complexity index is 403. The first-order valence-electron chi connectivity index (χ1n) is 6.02. The van der Waals surface area contributed by atoms with Crippen molar-refractivity contribution in [1.82, 2.24) is 5.32 Å². The number of nitrogens with two attached hydrogens (primary N) is 1. The molecule has 1 amide bonds. The van der Waals surface area contributed by atoms with Crippen molar-refractivity contribution in [3.05, 3.63) is 29.8 Å². The Hall–Kier alpha value is -1.55. The van der Waals surface area contributed by atoms with Gasteiger partial charge in [0.25, 0.3) is 0 Å². The molecule has 4 heteroatoms. The monoisotopic (exact) mass is 233 g/mol. The summed E-state index contributed by atoms with van der Waals surface area (Å²) >= 11 is 0. The lowest BCUT2D eigenvalue weighted by atomic mass is 10.0. The molecule has 4 nitrogen and oxygen atoms in total. The number of amides is 1. The predicted octanol–water partition coefficient (Wildman–Crippen LogP) is 0.513. The smallest absolute Gasteiger partial charge is 0.239 e. The van der Waals surface area contributed by atoms with Gasteiger partial charge in [0.1, 0.15) is 0 Å². The summed E-state index contributed by atoms with van der Waals surface area (Å²) in [6.45, 7) is 4.02. The van der Waals surface area contributed by atoms with Gasteiger partial charge in [-0.3, -0.25) is 4.79 Å². The van der Waals surface area contributed by atoms with Gasteiger partial charge in [-0.05, 0) is 25.0 Å². The number of nitrogens with zero attached hydrogens (tertiary/aromatic N) is 1. The molecule has 92 valence electrons. The number of anilines is 1. The number of carbonyl (C=O) groups is 1. The van der Waals surface area contributed by atoms with E-state index in [2.05, 4.69) is 22.3 Å². The van der Waals surface area contributed by atoms with Crippen LogP contribution in [0.3, 0.4) is 0 Å². The fourth-order valence-electron chi connectivity index (χ4n) is 2.18. The van der Waals surface area contributed by atoms with Crippen molar-refractivity contribution in [2.45, 2.75) is 19.4 Å². The molecule has 1 heterocycles. The molecule has 1 aromatic rings. The minimum absolute atomic E-state index is 0.0897. The zero-order chi connectivity index (χ0) is 12.3. The maximum absolute atomic E-state index is 11.4. The number of para-hydroxylation sites is 1. The average Bonchev–Trinajstić information content (AvgIpc) is 2.29. The molecule has 1 unspecified atom stereocenters. The second-order valence-electron chi connectivity index (χ2n) is 4.58. The van der Waals surface area contributed by atoms with Gasteiger partial charge < -0.3 is 16.0 Å². The predicted molar refractivity (Wildman–Crippen MR) is 69.0 cm³/mol. The number of piperazine rings is 1. The van der Waals surface area contributed by atoms with E-state index in [4.69, 9.17) is 5.73 Å². The molecule has 0 bridgehead atoms. The topological polar surface area (TPSA) is 58.4 Å². The van der Waals surface area contributed by atoms with Gasteiger partial charge in [0.2, 0.25) is 5.91 Å². The van der Waals surface area contributed by atoms with E-state index in [1.165, 1.54) is 5.56 Å². The number of carbonyl (C=O) groups excluding carboxylic acids is 1. The van der Waals surface area contributed by atoms with Gasteiger partial charge in [-0.1, -0.05) is 18.2 Å². The summed E-state index contributed by atoms with van der Waals surface area (Å²) in [4.78, 5) is 13.5. The molecule has 1 atom stereocenters. The lowest BCUT2D eigenvalue weighted by molar-refractivity contribution is -0.120. The van der Waals surface area contributed by atoms with Gasteiger partial charge >= 0.3 is 0 Å². The maximum Gasteiger partial charge on any atom is 0.239 e. The molecule has 0 saturated carbocycles. The normalized spacial score (nSPS) is 17.8. The number of rotatable bonds is 3. The Balaban J connectivity index is 2.21. The second-order valence-corrected chi connectivity index (χ2v) is 4.58. The average molecular weight is 233 g/mol. The van der Waals surface area contributed by atoms with Gasteiger partial charge in [0, 0.05) is 24.8 Å². The van der Waals surface area contributed by atoms with Gasteiger partial charge in [-0.25, -0.2) is 0 Å². The summed E-state index contributed by atoms with van der Waals surface area (Å²) in [6.07, 6.45) is 0.842. The van der Waals surface area contributed by atoms with Crippen LogP contribution in [0.15, 0.2) is 24.3 Å². The van der Waals surface area contributed by atoms with E-state index in [1.54, 1.807) is 0 Å². The van der Waals surface area contributed by atoms with E-state index in [9.17, 15) is 4.79 Å². The van der Waals surface area contributed by atoms with Crippen molar-refractivity contribution >= 4 is 11.6 Å². The minimum Gasteiger partial charge on any atom is -0.360 e. The van der Waals surface area contributed by atoms with Crippen molar-refractivity contribution in [1.29, 1.82) is 0 Å². The highest BCUT2D eigenvalue weighted by atomic mass is 16.2. The van der Waals surface area contributed by atoms with Gasteiger partial charge in [0.05, 0.1) is 6.54 Å². The Morgan fingerprint density at radius 1 is 1.47 bits per heavy atom. The zero-order valence-electron chi connectivity index (χ0n) is 10.1. The molecule has 0 spiro atoms. The minimum atomic E-state index is 0.0897. The third kappa shape index (κ3) is 2.97. The highest BCUT2D eigenvalue weighted by Gasteiger charge is 2.18. The standard InChI is InChI=1S/C13H19N3O/c1-10(14)8-11-4-2-3-5-12(11)16-7-6-15-13(17)9-16/h2-5,10H,6-9,14H2,1H3,(H,15,17). The molecule has 1 aliphatic heterocycles. The molecule has 0 radical (unpaired) electrons. The number of hydrogen-bond acceptors (Lipinski definition) is 3. The van der Waals surface area contributed by atoms with E-state index < -0.39 is 0 Å². The summed E-state index contributed by atoms with van der Waals surface area (Å²) in [5, 5.41) is 2.84. The van der Waals surface area contributed by atoms with Crippen LogP contribution in [0.2, 0.25) is 0 Å². The largest absolute Gasteiger partial charge is 0.360 e. The lowest BCUT2D eigenvalue weighted by Gasteiger charge is -2.30. The second kappa shape index (κ2) is 5.19. The highest BCUT2D eigenvalue weighted by molar-refractivity contribution is 5.83. The van der Waals surface area contributed by atoms with Crippen molar-refractivity contribution in [3.63, 3.8) is 0 Å². The Kier molecular flexibility index (Phi) is 3.64. The molecule has 0 aromatic heterocycles. The Morgan fingerprint density at radius 2 is 2.24 bits per heavy atom. The van der Waals surface area contributed by atoms with Crippen molar-refractivity contribution in [2.24, 2.45) is 5.73 Å². The molecule has 17 heavy (non-hydrogen) atoms. The Morgan fingerprint density at radius 3 is 2.94 bits per heavy atom. The highest BCUT2D eigenvalue weighted by Crippen LogP contribution is 2.21. The van der Waals surface area contributed by atoms with E-state index >= 15 is 0 Å². The van der Waals surface area contributed by atoms with E-state index in [0.717, 1.165) is 18.7 Å². The molecule has 1 aliphatic rings. The first-order chi connectivity index (χ1) is 8.16. The van der Waals surface area contributed by atoms with Crippen LogP contribution >= 0.6 is 0 Å². The molecular formula is C13H19N3O. The first kappa shape index (κ1) is 11.9. The van der Waals surface area contributed by atoms with Gasteiger partial charge in [0.15, 0.2) is 0 Å². The third-order valence-corrected chi connectivity index (χ3v) is 2.91. The van der Waals surface area contributed by atoms with Crippen molar-refractivity contribution < 1.29 is 4.79 Å². The van der Waals surface area contributed by atoms with Crippen LogP contribution in [0, 0.1) is 0 Å². The van der Waals surface area contributed by atoms with Gasteiger partial charge in [-0.2, -0.15) is 0 Å². The van der Waals surface area contributed by atoms with Gasteiger partial charge in [-0.15, -0.1) is 0 Å². The molecule has 1 aromatic carbocycles. The van der Waals surface area contributed by atoms with Crippen LogP contribution in [-0.4, -0.2) is 31.6 Å². The number of hydrogen-bond donors (Lipinski definition) is 2.